The molecule has 0 aliphatic heterocycles. The summed E-state index contributed by atoms with van der Waals surface area (Å²) in [5, 5.41) is 19.5. The van der Waals surface area contributed by atoms with E-state index in [2.05, 4.69) is 10.2 Å². The SMILES string of the molecule is CCOC(=O)CCSc1nnc(-c2ccc([N+](=O)[O-])cc2)n1C. The van der Waals surface area contributed by atoms with E-state index in [1.54, 1.807) is 23.6 Å². The number of non-ortho nitro benzene ring substituents is 1. The first-order valence-electron chi connectivity index (χ1n) is 6.95. The Bertz CT molecular complexity index is 699. The van der Waals surface area contributed by atoms with Crippen molar-refractivity contribution in [2.45, 2.75) is 18.5 Å². The maximum Gasteiger partial charge on any atom is 0.306 e. The smallest absolute Gasteiger partial charge is 0.306 e. The molecule has 0 fully saturated rings. The summed E-state index contributed by atoms with van der Waals surface area (Å²) < 4.78 is 6.65. The summed E-state index contributed by atoms with van der Waals surface area (Å²) in [4.78, 5) is 21.5. The van der Waals surface area contributed by atoms with E-state index in [0.29, 0.717) is 29.8 Å². The summed E-state index contributed by atoms with van der Waals surface area (Å²) in [5.74, 6) is 0.918. The van der Waals surface area contributed by atoms with Crippen molar-refractivity contribution in [2.75, 3.05) is 12.4 Å². The van der Waals surface area contributed by atoms with Gasteiger partial charge in [-0.3, -0.25) is 14.9 Å². The average molecular weight is 336 g/mol. The topological polar surface area (TPSA) is 100 Å². The number of esters is 1. The Morgan fingerprint density at radius 1 is 1.35 bits per heavy atom. The van der Waals surface area contributed by atoms with Crippen molar-refractivity contribution >= 4 is 23.4 Å². The second-order valence-corrected chi connectivity index (χ2v) is 5.63. The van der Waals surface area contributed by atoms with Gasteiger partial charge in [0, 0.05) is 30.5 Å². The number of carbonyl (C=O) groups is 1. The number of ether oxygens (including phenoxy) is 1. The highest BCUT2D eigenvalue weighted by atomic mass is 32.2. The fraction of sp³-hybridized carbons (Fsp3) is 0.357. The molecule has 23 heavy (non-hydrogen) atoms. The Balaban J connectivity index is 2.04. The van der Waals surface area contributed by atoms with Crippen molar-refractivity contribution < 1.29 is 14.5 Å². The summed E-state index contributed by atoms with van der Waals surface area (Å²) in [6.45, 7) is 2.14. The number of thioether (sulfide) groups is 1. The van der Waals surface area contributed by atoms with Crippen LogP contribution >= 0.6 is 11.8 Å². The predicted molar refractivity (Wildman–Crippen MR) is 85.1 cm³/mol. The van der Waals surface area contributed by atoms with Crippen LogP contribution in [0, 0.1) is 10.1 Å². The minimum Gasteiger partial charge on any atom is -0.466 e. The van der Waals surface area contributed by atoms with Crippen molar-refractivity contribution in [3.05, 3.63) is 34.4 Å². The maximum atomic E-state index is 11.3. The van der Waals surface area contributed by atoms with Gasteiger partial charge in [-0.15, -0.1) is 10.2 Å². The van der Waals surface area contributed by atoms with Gasteiger partial charge in [-0.25, -0.2) is 0 Å². The zero-order valence-electron chi connectivity index (χ0n) is 12.8. The van der Waals surface area contributed by atoms with Gasteiger partial charge >= 0.3 is 5.97 Å². The zero-order valence-corrected chi connectivity index (χ0v) is 13.6. The van der Waals surface area contributed by atoms with Gasteiger partial charge in [0.15, 0.2) is 11.0 Å². The lowest BCUT2D eigenvalue weighted by Gasteiger charge is -2.04. The van der Waals surface area contributed by atoms with Crippen LogP contribution in [0.3, 0.4) is 0 Å². The average Bonchev–Trinajstić information content (AvgIpc) is 2.89. The van der Waals surface area contributed by atoms with Crippen LogP contribution in [0.1, 0.15) is 13.3 Å². The van der Waals surface area contributed by atoms with E-state index in [1.807, 2.05) is 7.05 Å². The molecule has 0 saturated heterocycles. The molecule has 8 nitrogen and oxygen atoms in total. The van der Waals surface area contributed by atoms with Crippen LogP contribution in [0.2, 0.25) is 0 Å². The molecule has 2 rings (SSSR count). The Hall–Kier alpha value is -2.42. The van der Waals surface area contributed by atoms with Gasteiger partial charge in [0.05, 0.1) is 18.0 Å². The van der Waals surface area contributed by atoms with E-state index < -0.39 is 4.92 Å². The minimum absolute atomic E-state index is 0.0277. The number of carbonyl (C=O) groups excluding carboxylic acids is 1. The van der Waals surface area contributed by atoms with Gasteiger partial charge in [0.2, 0.25) is 0 Å². The lowest BCUT2D eigenvalue weighted by atomic mass is 10.2. The molecule has 0 saturated carbocycles. The molecule has 0 spiro atoms. The molecule has 1 aromatic heterocycles. The minimum atomic E-state index is -0.447. The van der Waals surface area contributed by atoms with Crippen molar-refractivity contribution in [1.29, 1.82) is 0 Å². The summed E-state index contributed by atoms with van der Waals surface area (Å²) in [6.07, 6.45) is 0.304. The Kier molecular flexibility index (Phi) is 5.69. The van der Waals surface area contributed by atoms with Crippen LogP contribution in [0.4, 0.5) is 5.69 Å². The zero-order chi connectivity index (χ0) is 16.8. The molecule has 1 heterocycles. The van der Waals surface area contributed by atoms with Crippen LogP contribution in [0.25, 0.3) is 11.4 Å². The monoisotopic (exact) mass is 336 g/mol. The highest BCUT2D eigenvalue weighted by Crippen LogP contribution is 2.24. The van der Waals surface area contributed by atoms with E-state index in [0.717, 1.165) is 5.56 Å². The number of hydrogen-bond acceptors (Lipinski definition) is 7. The Morgan fingerprint density at radius 2 is 2.04 bits per heavy atom. The Morgan fingerprint density at radius 3 is 2.65 bits per heavy atom. The number of nitro groups is 1. The first kappa shape index (κ1) is 16.9. The van der Waals surface area contributed by atoms with Crippen LogP contribution in [0.15, 0.2) is 29.4 Å². The third-order valence-electron chi connectivity index (χ3n) is 3.01. The summed E-state index contributed by atoms with van der Waals surface area (Å²) >= 11 is 1.41. The number of benzene rings is 1. The fourth-order valence-corrected chi connectivity index (χ4v) is 2.71. The van der Waals surface area contributed by atoms with Gasteiger partial charge in [-0.1, -0.05) is 11.8 Å². The van der Waals surface area contributed by atoms with Crippen molar-refractivity contribution in [1.82, 2.24) is 14.8 Å². The van der Waals surface area contributed by atoms with E-state index in [4.69, 9.17) is 4.74 Å². The molecule has 9 heteroatoms. The third-order valence-corrected chi connectivity index (χ3v) is 4.04. The summed E-state index contributed by atoms with van der Waals surface area (Å²) in [6, 6.07) is 6.12. The molecule has 1 aromatic carbocycles. The van der Waals surface area contributed by atoms with Crippen LogP contribution in [0.5, 0.6) is 0 Å². The number of rotatable bonds is 7. The summed E-state index contributed by atoms with van der Waals surface area (Å²) in [7, 11) is 1.81. The Labute approximate surface area is 137 Å². The van der Waals surface area contributed by atoms with E-state index in [1.165, 1.54) is 23.9 Å². The molecule has 122 valence electrons. The van der Waals surface area contributed by atoms with Crippen LogP contribution in [-0.2, 0) is 16.6 Å². The standard InChI is InChI=1S/C14H16N4O4S/c1-3-22-12(19)8-9-23-14-16-15-13(17(14)2)10-4-6-11(7-5-10)18(20)21/h4-7H,3,8-9H2,1-2H3. The van der Waals surface area contributed by atoms with Gasteiger partial charge < -0.3 is 9.30 Å². The number of nitrogens with zero attached hydrogens (tertiary/aromatic N) is 4. The predicted octanol–water partition coefficient (Wildman–Crippen LogP) is 2.44. The molecule has 0 bridgehead atoms. The summed E-state index contributed by atoms with van der Waals surface area (Å²) in [5.41, 5.74) is 0.766. The molecule has 0 aliphatic rings. The fourth-order valence-electron chi connectivity index (χ4n) is 1.88. The van der Waals surface area contributed by atoms with Crippen molar-refractivity contribution in [2.24, 2.45) is 7.05 Å². The lowest BCUT2D eigenvalue weighted by molar-refractivity contribution is -0.384. The first-order chi connectivity index (χ1) is 11.0. The molecule has 0 amide bonds. The van der Waals surface area contributed by atoms with Gasteiger partial charge in [-0.2, -0.15) is 0 Å². The quantitative estimate of drug-likeness (QED) is 0.331. The molecule has 0 radical (unpaired) electrons. The molecule has 0 atom stereocenters. The lowest BCUT2D eigenvalue weighted by Crippen LogP contribution is -2.05. The second-order valence-electron chi connectivity index (χ2n) is 4.57. The molecule has 0 N–H and O–H groups in total. The van der Waals surface area contributed by atoms with Gasteiger partial charge in [0.25, 0.3) is 5.69 Å². The number of nitro benzene ring substituents is 1. The van der Waals surface area contributed by atoms with Crippen molar-refractivity contribution in [3.63, 3.8) is 0 Å². The highest BCUT2D eigenvalue weighted by molar-refractivity contribution is 7.99. The molecule has 2 aromatic rings. The first-order valence-corrected chi connectivity index (χ1v) is 7.94. The van der Waals surface area contributed by atoms with E-state index >= 15 is 0 Å². The molecule has 0 unspecified atom stereocenters. The normalized spacial score (nSPS) is 10.5. The largest absolute Gasteiger partial charge is 0.466 e. The molecule has 0 aliphatic carbocycles. The van der Waals surface area contributed by atoms with E-state index in [-0.39, 0.29) is 11.7 Å². The van der Waals surface area contributed by atoms with Crippen LogP contribution in [-0.4, -0.2) is 38.0 Å². The van der Waals surface area contributed by atoms with E-state index in [9.17, 15) is 14.9 Å². The van der Waals surface area contributed by atoms with Gasteiger partial charge in [0.1, 0.15) is 0 Å². The number of aromatic nitrogens is 3. The van der Waals surface area contributed by atoms with Crippen molar-refractivity contribution in [3.8, 4) is 11.4 Å². The second kappa shape index (κ2) is 7.73. The molecular formula is C14H16N4O4S. The van der Waals surface area contributed by atoms with Crippen LogP contribution < -0.4 is 0 Å². The van der Waals surface area contributed by atoms with Gasteiger partial charge in [-0.05, 0) is 19.1 Å². The molecular weight excluding hydrogens is 320 g/mol. The highest BCUT2D eigenvalue weighted by Gasteiger charge is 2.13. The number of hydrogen-bond donors (Lipinski definition) is 0. The third kappa shape index (κ3) is 4.28. The maximum absolute atomic E-state index is 11.3.